The molecule has 0 aromatic heterocycles. The van der Waals surface area contributed by atoms with Gasteiger partial charge in [0, 0.05) is 28.3 Å². The van der Waals surface area contributed by atoms with Crippen LogP contribution in [0, 0.1) is 0 Å². The van der Waals surface area contributed by atoms with Crippen molar-refractivity contribution in [3.8, 4) is 0 Å². The van der Waals surface area contributed by atoms with Crippen molar-refractivity contribution in [2.45, 2.75) is 6.92 Å². The van der Waals surface area contributed by atoms with Crippen molar-refractivity contribution in [3.63, 3.8) is 0 Å². The Morgan fingerprint density at radius 3 is 2.00 bits per heavy atom. The van der Waals surface area contributed by atoms with Gasteiger partial charge in [-0.15, -0.1) is 0 Å². The van der Waals surface area contributed by atoms with Gasteiger partial charge in [0.2, 0.25) is 0 Å². The number of carbonyl (C=O) groups excluding carboxylic acids is 1. The lowest BCUT2D eigenvalue weighted by Crippen LogP contribution is -2.48. The standard InChI is InChI=1S/C7H14O5Si/c1-7(5-8)12-6-13(9-2,10-3)11-4/h6H2,1-4H3. The molecule has 0 amide bonds. The van der Waals surface area contributed by atoms with Crippen LogP contribution in [0.25, 0.3) is 0 Å². The third-order valence-electron chi connectivity index (χ3n) is 1.54. The van der Waals surface area contributed by atoms with Crippen molar-refractivity contribution in [2.75, 3.05) is 27.6 Å². The lowest BCUT2D eigenvalue weighted by molar-refractivity contribution is 0.0854. The molecule has 0 heterocycles. The first kappa shape index (κ1) is 12.3. The predicted octanol–water partition coefficient (Wildman–Crippen LogP) is 0.156. The van der Waals surface area contributed by atoms with Gasteiger partial charge in [-0.3, -0.25) is 0 Å². The van der Waals surface area contributed by atoms with Gasteiger partial charge in [-0.05, 0) is 0 Å². The zero-order valence-corrected chi connectivity index (χ0v) is 9.25. The van der Waals surface area contributed by atoms with Crippen LogP contribution in [0.5, 0.6) is 0 Å². The molecule has 0 spiro atoms. The fraction of sp³-hybridized carbons (Fsp3) is 0.714. The Morgan fingerprint density at radius 2 is 1.69 bits per heavy atom. The Labute approximate surface area is 78.6 Å². The first-order valence-electron chi connectivity index (χ1n) is 3.64. The normalized spacial score (nSPS) is 10.8. The number of hydrogen-bond donors (Lipinski definition) is 0. The van der Waals surface area contributed by atoms with Crippen LogP contribution < -0.4 is 0 Å². The summed E-state index contributed by atoms with van der Waals surface area (Å²) in [5.41, 5.74) is 0. The molecule has 6 heteroatoms. The van der Waals surface area contributed by atoms with E-state index in [1.54, 1.807) is 5.94 Å². The average Bonchev–Trinajstić information content (AvgIpc) is 2.20. The van der Waals surface area contributed by atoms with Crippen LogP contribution in [0.1, 0.15) is 6.92 Å². The van der Waals surface area contributed by atoms with Crippen LogP contribution >= 0.6 is 0 Å². The zero-order chi connectivity index (χ0) is 10.3. The van der Waals surface area contributed by atoms with Gasteiger partial charge in [0.05, 0.1) is 0 Å². The van der Waals surface area contributed by atoms with E-state index in [2.05, 4.69) is 0 Å². The Morgan fingerprint density at radius 1 is 1.23 bits per heavy atom. The Balaban J connectivity index is 4.18. The molecule has 0 saturated heterocycles. The Kier molecular flexibility index (Phi) is 5.61. The molecule has 0 aliphatic rings. The molecule has 5 nitrogen and oxygen atoms in total. The van der Waals surface area contributed by atoms with Crippen molar-refractivity contribution in [1.82, 2.24) is 0 Å². The average molecular weight is 206 g/mol. The van der Waals surface area contributed by atoms with Crippen molar-refractivity contribution >= 4 is 14.7 Å². The minimum absolute atomic E-state index is 0.109. The fourth-order valence-corrected chi connectivity index (χ4v) is 1.90. The van der Waals surface area contributed by atoms with Gasteiger partial charge in [-0.2, -0.15) is 0 Å². The quantitative estimate of drug-likeness (QED) is 0.352. The van der Waals surface area contributed by atoms with Crippen LogP contribution in [-0.2, 0) is 22.8 Å². The minimum Gasteiger partial charge on any atom is -0.482 e. The maximum absolute atomic E-state index is 10.1. The number of hydrogen-bond acceptors (Lipinski definition) is 5. The van der Waals surface area contributed by atoms with Crippen LogP contribution in [-0.4, -0.2) is 42.3 Å². The molecule has 0 atom stereocenters. The van der Waals surface area contributed by atoms with E-state index in [4.69, 9.17) is 18.0 Å². The molecule has 13 heavy (non-hydrogen) atoms. The largest absolute Gasteiger partial charge is 0.539 e. The van der Waals surface area contributed by atoms with Crippen molar-refractivity contribution in [3.05, 3.63) is 5.76 Å². The topological polar surface area (TPSA) is 54.0 Å². The zero-order valence-electron chi connectivity index (χ0n) is 8.25. The third-order valence-corrected chi connectivity index (χ3v) is 3.91. The van der Waals surface area contributed by atoms with E-state index >= 15 is 0 Å². The lowest BCUT2D eigenvalue weighted by atomic mass is 10.7. The minimum atomic E-state index is -2.72. The first-order valence-corrected chi connectivity index (χ1v) is 5.57. The fourth-order valence-electron chi connectivity index (χ4n) is 0.653. The lowest BCUT2D eigenvalue weighted by Gasteiger charge is -2.23. The number of rotatable bonds is 6. The molecular weight excluding hydrogens is 192 g/mol. The summed E-state index contributed by atoms with van der Waals surface area (Å²) in [6, 6.07) is 0. The summed E-state index contributed by atoms with van der Waals surface area (Å²) in [7, 11) is 1.71. The van der Waals surface area contributed by atoms with Crippen molar-refractivity contribution in [1.29, 1.82) is 0 Å². The summed E-state index contributed by atoms with van der Waals surface area (Å²) in [4.78, 5) is 10.1. The summed E-state index contributed by atoms with van der Waals surface area (Å²) in [6.07, 6.45) is 0.109. The molecule has 0 unspecified atom stereocenters. The predicted molar refractivity (Wildman–Crippen MR) is 47.6 cm³/mol. The highest BCUT2D eigenvalue weighted by molar-refractivity contribution is 6.60. The summed E-state index contributed by atoms with van der Waals surface area (Å²) >= 11 is 0. The molecule has 0 rings (SSSR count). The van der Waals surface area contributed by atoms with Crippen LogP contribution in [0.4, 0.5) is 0 Å². The maximum atomic E-state index is 10.1. The Bertz CT molecular complexity index is 187. The molecule has 0 saturated carbocycles. The van der Waals surface area contributed by atoms with Gasteiger partial charge < -0.3 is 18.0 Å². The van der Waals surface area contributed by atoms with Crippen molar-refractivity contribution in [2.24, 2.45) is 0 Å². The second kappa shape index (κ2) is 5.90. The maximum Gasteiger partial charge on any atom is 0.539 e. The number of allylic oxidation sites excluding steroid dienone is 1. The highest BCUT2D eigenvalue weighted by Crippen LogP contribution is 2.07. The van der Waals surface area contributed by atoms with Gasteiger partial charge in [0.25, 0.3) is 0 Å². The molecule has 0 aliphatic carbocycles. The monoisotopic (exact) mass is 206 g/mol. The smallest absolute Gasteiger partial charge is 0.482 e. The molecule has 0 aliphatic heterocycles. The molecule has 0 bridgehead atoms. The molecular formula is C7H14O5Si. The van der Waals surface area contributed by atoms with Crippen LogP contribution in [0.15, 0.2) is 5.76 Å². The molecule has 76 valence electrons. The van der Waals surface area contributed by atoms with E-state index in [0.717, 1.165) is 0 Å². The second-order valence-corrected chi connectivity index (χ2v) is 5.12. The second-order valence-electron chi connectivity index (χ2n) is 2.24. The van der Waals surface area contributed by atoms with Gasteiger partial charge in [-0.1, -0.05) is 0 Å². The van der Waals surface area contributed by atoms with Gasteiger partial charge >= 0.3 is 8.80 Å². The highest BCUT2D eigenvalue weighted by atomic mass is 28.4. The molecule has 0 fully saturated rings. The van der Waals surface area contributed by atoms with Crippen molar-refractivity contribution < 1.29 is 22.8 Å². The van der Waals surface area contributed by atoms with E-state index in [0.29, 0.717) is 0 Å². The van der Waals surface area contributed by atoms with E-state index in [9.17, 15) is 4.79 Å². The summed E-state index contributed by atoms with van der Waals surface area (Å²) in [6.45, 7) is 1.51. The highest BCUT2D eigenvalue weighted by Gasteiger charge is 2.39. The third kappa shape index (κ3) is 3.71. The Hall–Kier alpha value is -0.653. The van der Waals surface area contributed by atoms with Crippen LogP contribution in [0.3, 0.4) is 0 Å². The number of ether oxygens (including phenoxy) is 1. The summed E-state index contributed by atoms with van der Waals surface area (Å²) in [5.74, 6) is 1.77. The van der Waals surface area contributed by atoms with Gasteiger partial charge in [0.1, 0.15) is 0 Å². The van der Waals surface area contributed by atoms with E-state index in [-0.39, 0.29) is 12.0 Å². The molecule has 0 N–H and O–H groups in total. The first-order chi connectivity index (χ1) is 6.14. The summed E-state index contributed by atoms with van der Waals surface area (Å²) in [5, 5.41) is 0. The van der Waals surface area contributed by atoms with Gasteiger partial charge in [-0.25, -0.2) is 4.79 Å². The SMILES string of the molecule is CO[Si](COC(C)=C=O)(OC)OC. The molecule has 0 radical (unpaired) electrons. The molecule has 0 aromatic carbocycles. The summed E-state index contributed by atoms with van der Waals surface area (Å²) < 4.78 is 20.2. The van der Waals surface area contributed by atoms with Gasteiger partial charge in [0.15, 0.2) is 17.9 Å². The van der Waals surface area contributed by atoms with E-state index < -0.39 is 8.80 Å². The van der Waals surface area contributed by atoms with Crippen LogP contribution in [0.2, 0.25) is 0 Å². The van der Waals surface area contributed by atoms with E-state index in [1.807, 2.05) is 0 Å². The van der Waals surface area contributed by atoms with E-state index in [1.165, 1.54) is 28.3 Å². The molecule has 0 aromatic rings.